The first kappa shape index (κ1) is 13.4. The topological polar surface area (TPSA) is 55.8 Å². The molecule has 0 saturated heterocycles. The maximum Gasteiger partial charge on any atom is 0.347 e. The van der Waals surface area contributed by atoms with Gasteiger partial charge in [-0.3, -0.25) is 0 Å². The number of carboxylic acid groups (broad SMARTS) is 1. The summed E-state index contributed by atoms with van der Waals surface area (Å²) in [4.78, 5) is 11.0. The van der Waals surface area contributed by atoms with Crippen LogP contribution in [0.15, 0.2) is 22.7 Å². The summed E-state index contributed by atoms with van der Waals surface area (Å²) in [6, 6.07) is 5.66. The Morgan fingerprint density at radius 2 is 2.28 bits per heavy atom. The number of benzene rings is 1. The fraction of sp³-hybridized carbons (Fsp3) is 0.462. The fourth-order valence-corrected chi connectivity index (χ4v) is 2.18. The van der Waals surface area contributed by atoms with Gasteiger partial charge in [0.1, 0.15) is 5.75 Å². The Morgan fingerprint density at radius 3 is 2.83 bits per heavy atom. The van der Waals surface area contributed by atoms with E-state index in [-0.39, 0.29) is 6.61 Å². The fourth-order valence-electron chi connectivity index (χ4n) is 1.80. The summed E-state index contributed by atoms with van der Waals surface area (Å²) in [5.41, 5.74) is 1.08. The van der Waals surface area contributed by atoms with E-state index in [1.54, 1.807) is 0 Å². The Hall–Kier alpha value is -1.07. The monoisotopic (exact) mass is 314 g/mol. The predicted octanol–water partition coefficient (Wildman–Crippen LogP) is 2.80. The molecule has 1 aliphatic rings. The number of aliphatic carboxylic acids is 1. The van der Waals surface area contributed by atoms with Gasteiger partial charge in [0, 0.05) is 11.6 Å². The number of ether oxygens (including phenoxy) is 2. The van der Waals surface area contributed by atoms with Crippen LogP contribution in [0.25, 0.3) is 0 Å². The Balaban J connectivity index is 2.19. The van der Waals surface area contributed by atoms with E-state index >= 15 is 0 Å². The lowest BCUT2D eigenvalue weighted by Gasteiger charge is -2.17. The maximum absolute atomic E-state index is 11.0. The molecule has 1 N–H and O–H groups in total. The second-order valence-electron chi connectivity index (χ2n) is 4.36. The largest absolute Gasteiger partial charge is 0.478 e. The molecule has 2 rings (SSSR count). The molecular weight excluding hydrogens is 300 g/mol. The van der Waals surface area contributed by atoms with Crippen LogP contribution >= 0.6 is 15.9 Å². The van der Waals surface area contributed by atoms with E-state index in [9.17, 15) is 4.79 Å². The van der Waals surface area contributed by atoms with E-state index in [2.05, 4.69) is 15.9 Å². The van der Waals surface area contributed by atoms with Gasteiger partial charge in [0.25, 0.3) is 0 Å². The standard InChI is InChI=1S/C13H15BrO4/c1-17-7-12(13(15)16)18-11-5-4-9(14)6-10(11)8-2-3-8/h4-6,8,12H,2-3,7H2,1H3,(H,15,16)/t12-/m1/s1. The molecule has 0 aromatic heterocycles. The molecule has 1 saturated carbocycles. The first-order valence-corrected chi connectivity index (χ1v) is 6.59. The molecule has 5 heteroatoms. The van der Waals surface area contributed by atoms with Crippen molar-refractivity contribution in [2.24, 2.45) is 0 Å². The van der Waals surface area contributed by atoms with E-state index in [1.165, 1.54) is 7.11 Å². The zero-order valence-corrected chi connectivity index (χ0v) is 11.6. The third-order valence-corrected chi connectivity index (χ3v) is 3.34. The Bertz CT molecular complexity index is 443. The Kier molecular flexibility index (Phi) is 4.24. The lowest BCUT2D eigenvalue weighted by atomic mass is 10.1. The molecule has 1 aromatic rings. The SMILES string of the molecule is COC[C@@H](Oc1ccc(Br)cc1C1CC1)C(=O)O. The second kappa shape index (κ2) is 5.71. The summed E-state index contributed by atoms with van der Waals surface area (Å²) < 4.78 is 11.4. The highest BCUT2D eigenvalue weighted by atomic mass is 79.9. The molecule has 0 heterocycles. The average Bonchev–Trinajstić information content (AvgIpc) is 3.14. The van der Waals surface area contributed by atoms with Crippen LogP contribution in [-0.4, -0.2) is 30.9 Å². The van der Waals surface area contributed by atoms with Crippen molar-refractivity contribution in [3.8, 4) is 5.75 Å². The first-order valence-electron chi connectivity index (χ1n) is 5.79. The van der Waals surface area contributed by atoms with Gasteiger partial charge in [-0.25, -0.2) is 4.79 Å². The van der Waals surface area contributed by atoms with E-state index in [0.29, 0.717) is 11.7 Å². The van der Waals surface area contributed by atoms with Gasteiger partial charge < -0.3 is 14.6 Å². The van der Waals surface area contributed by atoms with Crippen LogP contribution in [0.2, 0.25) is 0 Å². The van der Waals surface area contributed by atoms with Crippen molar-refractivity contribution in [3.05, 3.63) is 28.2 Å². The van der Waals surface area contributed by atoms with Crippen molar-refractivity contribution in [3.63, 3.8) is 0 Å². The van der Waals surface area contributed by atoms with Crippen LogP contribution in [0.1, 0.15) is 24.3 Å². The summed E-state index contributed by atoms with van der Waals surface area (Å²) in [6.45, 7) is 0.0372. The lowest BCUT2D eigenvalue weighted by molar-refractivity contribution is -0.147. The normalized spacial score (nSPS) is 16.3. The van der Waals surface area contributed by atoms with Crippen molar-refractivity contribution in [1.29, 1.82) is 0 Å². The van der Waals surface area contributed by atoms with Gasteiger partial charge >= 0.3 is 5.97 Å². The summed E-state index contributed by atoms with van der Waals surface area (Å²) in [5, 5.41) is 9.05. The number of rotatable bonds is 6. The van der Waals surface area contributed by atoms with E-state index in [1.807, 2.05) is 18.2 Å². The Morgan fingerprint density at radius 1 is 1.56 bits per heavy atom. The molecule has 4 nitrogen and oxygen atoms in total. The van der Waals surface area contributed by atoms with Crippen LogP contribution in [0.3, 0.4) is 0 Å². The predicted molar refractivity (Wildman–Crippen MR) is 70.0 cm³/mol. The zero-order chi connectivity index (χ0) is 13.1. The highest BCUT2D eigenvalue weighted by molar-refractivity contribution is 9.10. The third-order valence-electron chi connectivity index (χ3n) is 2.85. The summed E-state index contributed by atoms with van der Waals surface area (Å²) in [7, 11) is 1.46. The molecule has 1 aromatic carbocycles. The van der Waals surface area contributed by atoms with Crippen molar-refractivity contribution in [2.45, 2.75) is 24.9 Å². The van der Waals surface area contributed by atoms with Crippen molar-refractivity contribution in [1.82, 2.24) is 0 Å². The second-order valence-corrected chi connectivity index (χ2v) is 5.27. The number of carboxylic acids is 1. The number of methoxy groups -OCH3 is 1. The van der Waals surface area contributed by atoms with Gasteiger partial charge in [0.15, 0.2) is 0 Å². The quantitative estimate of drug-likeness (QED) is 0.877. The van der Waals surface area contributed by atoms with Gasteiger partial charge in [-0.2, -0.15) is 0 Å². The average molecular weight is 315 g/mol. The summed E-state index contributed by atoms with van der Waals surface area (Å²) >= 11 is 3.42. The molecule has 98 valence electrons. The van der Waals surface area contributed by atoms with E-state index in [0.717, 1.165) is 22.9 Å². The third kappa shape index (κ3) is 3.23. The Labute approximate surface area is 114 Å². The molecule has 1 aliphatic carbocycles. The minimum atomic E-state index is -1.01. The maximum atomic E-state index is 11.0. The molecule has 0 unspecified atom stereocenters. The van der Waals surface area contributed by atoms with E-state index in [4.69, 9.17) is 14.6 Å². The summed E-state index contributed by atoms with van der Waals surface area (Å²) in [5.74, 6) is 0.126. The molecule has 1 atom stereocenters. The van der Waals surface area contributed by atoms with E-state index < -0.39 is 12.1 Å². The van der Waals surface area contributed by atoms with Gasteiger partial charge in [0.2, 0.25) is 6.10 Å². The highest BCUT2D eigenvalue weighted by Gasteiger charge is 2.29. The van der Waals surface area contributed by atoms with Crippen molar-refractivity contribution >= 4 is 21.9 Å². The van der Waals surface area contributed by atoms with Crippen molar-refractivity contribution < 1.29 is 19.4 Å². The van der Waals surface area contributed by atoms with Gasteiger partial charge in [-0.15, -0.1) is 0 Å². The van der Waals surface area contributed by atoms with Crippen LogP contribution in [0.4, 0.5) is 0 Å². The molecular formula is C13H15BrO4. The number of hydrogen-bond acceptors (Lipinski definition) is 3. The minimum Gasteiger partial charge on any atom is -0.478 e. The minimum absolute atomic E-state index is 0.0372. The molecule has 0 spiro atoms. The van der Waals surface area contributed by atoms with Crippen LogP contribution in [0.5, 0.6) is 5.75 Å². The molecule has 0 amide bonds. The number of carbonyl (C=O) groups is 1. The smallest absolute Gasteiger partial charge is 0.347 e. The van der Waals surface area contributed by atoms with Gasteiger partial charge in [-0.1, -0.05) is 15.9 Å². The van der Waals surface area contributed by atoms with Crippen molar-refractivity contribution in [2.75, 3.05) is 13.7 Å². The van der Waals surface area contributed by atoms with Crippen LogP contribution in [-0.2, 0) is 9.53 Å². The van der Waals surface area contributed by atoms with Crippen LogP contribution < -0.4 is 4.74 Å². The van der Waals surface area contributed by atoms with Gasteiger partial charge in [0.05, 0.1) is 6.61 Å². The number of hydrogen-bond donors (Lipinski definition) is 1. The molecule has 0 bridgehead atoms. The van der Waals surface area contributed by atoms with Gasteiger partial charge in [-0.05, 0) is 42.5 Å². The van der Waals surface area contributed by atoms with Crippen LogP contribution in [0, 0.1) is 0 Å². The first-order chi connectivity index (χ1) is 8.61. The molecule has 0 aliphatic heterocycles. The molecule has 18 heavy (non-hydrogen) atoms. The molecule has 1 fully saturated rings. The molecule has 0 radical (unpaired) electrons. The summed E-state index contributed by atoms with van der Waals surface area (Å²) in [6.07, 6.45) is 1.30. The number of halogens is 1. The lowest BCUT2D eigenvalue weighted by Crippen LogP contribution is -2.31. The highest BCUT2D eigenvalue weighted by Crippen LogP contribution is 2.45. The zero-order valence-electron chi connectivity index (χ0n) is 10.1.